The van der Waals surface area contributed by atoms with Crippen LogP contribution in [-0.2, 0) is 13.3 Å². The largest absolute Gasteiger partial charge is 0.286 e. The first-order valence-corrected chi connectivity index (χ1v) is 7.74. The zero-order chi connectivity index (χ0) is 16.3. The van der Waals surface area contributed by atoms with E-state index in [1.165, 1.54) is 11.4 Å². The van der Waals surface area contributed by atoms with Gasteiger partial charge >= 0.3 is 0 Å². The maximum absolute atomic E-state index is 4.51. The summed E-state index contributed by atoms with van der Waals surface area (Å²) in [4.78, 5) is 4.58. The molecule has 2 rings (SSSR count). The van der Waals surface area contributed by atoms with Crippen molar-refractivity contribution < 1.29 is 0 Å². The highest BCUT2D eigenvalue weighted by atomic mass is 15.4. The zero-order valence-electron chi connectivity index (χ0n) is 14.7. The predicted molar refractivity (Wildman–Crippen MR) is 88.7 cm³/mol. The van der Waals surface area contributed by atoms with Crippen molar-refractivity contribution in [2.75, 3.05) is 27.2 Å². The van der Waals surface area contributed by atoms with Crippen LogP contribution in [0.5, 0.6) is 0 Å². The fraction of sp³-hybridized carbons (Fsp3) is 0.625. The summed E-state index contributed by atoms with van der Waals surface area (Å²) in [7, 11) is 4.27. The number of likely N-dealkylation sites (N-methyl/N-ethyl adjacent to an activating group) is 2. The minimum Gasteiger partial charge on any atom is -0.286 e. The molecule has 0 atom stereocenters. The summed E-state index contributed by atoms with van der Waals surface area (Å²) in [6.45, 7) is 11.9. The van der Waals surface area contributed by atoms with Gasteiger partial charge in [-0.1, -0.05) is 0 Å². The van der Waals surface area contributed by atoms with Gasteiger partial charge < -0.3 is 0 Å². The Labute approximate surface area is 133 Å². The van der Waals surface area contributed by atoms with E-state index < -0.39 is 0 Å². The first kappa shape index (κ1) is 16.7. The van der Waals surface area contributed by atoms with E-state index in [0.717, 1.165) is 37.8 Å². The molecule has 0 radical (unpaired) electrons. The second kappa shape index (κ2) is 7.07. The maximum Gasteiger partial charge on any atom is 0.0929 e. The van der Waals surface area contributed by atoms with Crippen molar-refractivity contribution in [1.82, 2.24) is 29.4 Å². The Morgan fingerprint density at radius 2 is 1.14 bits per heavy atom. The lowest BCUT2D eigenvalue weighted by atomic mass is 10.4. The highest BCUT2D eigenvalue weighted by Crippen LogP contribution is 2.04. The van der Waals surface area contributed by atoms with E-state index in [4.69, 9.17) is 0 Å². The van der Waals surface area contributed by atoms with E-state index in [0.29, 0.717) is 0 Å². The van der Waals surface area contributed by atoms with Gasteiger partial charge in [0, 0.05) is 24.5 Å². The monoisotopic (exact) mass is 304 g/mol. The molecule has 0 spiro atoms. The Morgan fingerprint density at radius 1 is 0.773 bits per heavy atom. The van der Waals surface area contributed by atoms with Crippen LogP contribution >= 0.6 is 0 Å². The van der Waals surface area contributed by atoms with E-state index in [2.05, 4.69) is 69.4 Å². The summed E-state index contributed by atoms with van der Waals surface area (Å²) in [6, 6.07) is 4.23. The molecule has 0 unspecified atom stereocenters. The van der Waals surface area contributed by atoms with Crippen molar-refractivity contribution in [2.24, 2.45) is 0 Å². The fourth-order valence-corrected chi connectivity index (χ4v) is 2.58. The Morgan fingerprint density at radius 3 is 1.41 bits per heavy atom. The summed E-state index contributed by atoms with van der Waals surface area (Å²) in [5.74, 6) is 0. The molecule has 0 aliphatic rings. The highest BCUT2D eigenvalue weighted by Gasteiger charge is 2.08. The second-order valence-corrected chi connectivity index (χ2v) is 6.30. The van der Waals surface area contributed by atoms with Crippen molar-refractivity contribution in [1.29, 1.82) is 0 Å². The number of aromatic nitrogens is 4. The summed E-state index contributed by atoms with van der Waals surface area (Å²) in [5, 5.41) is 9.01. The fourth-order valence-electron chi connectivity index (χ4n) is 2.58. The topological polar surface area (TPSA) is 42.1 Å². The average Bonchev–Trinajstić information content (AvgIpc) is 2.89. The second-order valence-electron chi connectivity index (χ2n) is 6.30. The van der Waals surface area contributed by atoms with Crippen molar-refractivity contribution >= 4 is 0 Å². The van der Waals surface area contributed by atoms with Crippen LogP contribution in [-0.4, -0.2) is 56.5 Å². The number of aryl methyl sites for hydroxylation is 4. The molecule has 0 saturated carbocycles. The van der Waals surface area contributed by atoms with Crippen molar-refractivity contribution in [3.05, 3.63) is 34.9 Å². The molecule has 122 valence electrons. The van der Waals surface area contributed by atoms with Crippen LogP contribution in [0.3, 0.4) is 0 Å². The molecule has 2 aromatic heterocycles. The molecule has 0 aliphatic carbocycles. The van der Waals surface area contributed by atoms with E-state index in [-0.39, 0.29) is 0 Å². The van der Waals surface area contributed by atoms with E-state index >= 15 is 0 Å². The lowest BCUT2D eigenvalue weighted by Crippen LogP contribution is -2.34. The smallest absolute Gasteiger partial charge is 0.0929 e. The summed E-state index contributed by atoms with van der Waals surface area (Å²) < 4.78 is 4.10. The van der Waals surface area contributed by atoms with Gasteiger partial charge in [0.1, 0.15) is 0 Å². The number of hydrogen-bond acceptors (Lipinski definition) is 4. The molecule has 22 heavy (non-hydrogen) atoms. The van der Waals surface area contributed by atoms with Crippen molar-refractivity contribution in [2.45, 2.75) is 41.0 Å². The van der Waals surface area contributed by atoms with Crippen LogP contribution in [0.1, 0.15) is 22.8 Å². The number of hydrogen-bond donors (Lipinski definition) is 0. The highest BCUT2D eigenvalue weighted by molar-refractivity contribution is 5.06. The summed E-state index contributed by atoms with van der Waals surface area (Å²) in [6.07, 6.45) is 0. The van der Waals surface area contributed by atoms with Gasteiger partial charge in [0.05, 0.1) is 24.7 Å². The van der Waals surface area contributed by atoms with Crippen LogP contribution in [0.2, 0.25) is 0 Å². The minimum absolute atomic E-state index is 0.827. The molecule has 0 saturated heterocycles. The molecule has 2 aromatic rings. The van der Waals surface area contributed by atoms with Crippen molar-refractivity contribution in [3.8, 4) is 0 Å². The Balaban J connectivity index is 1.79. The van der Waals surface area contributed by atoms with Gasteiger partial charge in [0.2, 0.25) is 0 Å². The normalized spacial score (nSPS) is 11.8. The Bertz CT molecular complexity index is 558. The third-order valence-electron chi connectivity index (χ3n) is 3.82. The van der Waals surface area contributed by atoms with Gasteiger partial charge in [-0.05, 0) is 53.9 Å². The van der Waals surface area contributed by atoms with Gasteiger partial charge in [0.15, 0.2) is 0 Å². The number of nitrogens with zero attached hydrogens (tertiary/aromatic N) is 6. The first-order valence-electron chi connectivity index (χ1n) is 7.74. The van der Waals surface area contributed by atoms with Crippen LogP contribution in [0.15, 0.2) is 12.1 Å². The average molecular weight is 304 g/mol. The molecule has 0 fully saturated rings. The summed E-state index contributed by atoms with van der Waals surface area (Å²) in [5.41, 5.74) is 4.57. The molecule has 6 heteroatoms. The first-order chi connectivity index (χ1) is 10.3. The third kappa shape index (κ3) is 4.42. The molecule has 0 bridgehead atoms. The zero-order valence-corrected chi connectivity index (χ0v) is 14.7. The Hall–Kier alpha value is -1.66. The van der Waals surface area contributed by atoms with Crippen LogP contribution in [0.4, 0.5) is 0 Å². The SMILES string of the molecule is Cc1cc(C)n(CN(C)CCN(C)Cn2nc(C)cc2C)n1. The standard InChI is InChI=1S/C16H28N6/c1-13-9-15(3)21(17-13)11-19(5)7-8-20(6)12-22-16(4)10-14(2)18-22/h9-10H,7-8,11-12H2,1-6H3. The summed E-state index contributed by atoms with van der Waals surface area (Å²) >= 11 is 0. The third-order valence-corrected chi connectivity index (χ3v) is 3.82. The molecule has 2 heterocycles. The minimum atomic E-state index is 0.827. The van der Waals surface area contributed by atoms with E-state index in [1.807, 2.05) is 13.8 Å². The molecule has 0 N–H and O–H groups in total. The maximum atomic E-state index is 4.51. The van der Waals surface area contributed by atoms with Gasteiger partial charge in [-0.2, -0.15) is 10.2 Å². The van der Waals surface area contributed by atoms with Gasteiger partial charge in [-0.25, -0.2) is 0 Å². The van der Waals surface area contributed by atoms with Gasteiger partial charge in [0.25, 0.3) is 0 Å². The van der Waals surface area contributed by atoms with Crippen molar-refractivity contribution in [3.63, 3.8) is 0 Å². The number of rotatable bonds is 7. The molecular weight excluding hydrogens is 276 g/mol. The predicted octanol–water partition coefficient (Wildman–Crippen LogP) is 1.79. The van der Waals surface area contributed by atoms with E-state index in [1.54, 1.807) is 0 Å². The van der Waals surface area contributed by atoms with Gasteiger partial charge in [-0.3, -0.25) is 19.2 Å². The van der Waals surface area contributed by atoms with Crippen LogP contribution in [0.25, 0.3) is 0 Å². The van der Waals surface area contributed by atoms with Gasteiger partial charge in [-0.15, -0.1) is 0 Å². The lowest BCUT2D eigenvalue weighted by molar-refractivity contribution is 0.186. The van der Waals surface area contributed by atoms with Crippen LogP contribution in [0, 0.1) is 27.7 Å². The molecule has 0 aliphatic heterocycles. The molecule has 0 aromatic carbocycles. The Kier molecular flexibility index (Phi) is 5.37. The molecule has 0 amide bonds. The molecular formula is C16H28N6. The lowest BCUT2D eigenvalue weighted by Gasteiger charge is -2.22. The van der Waals surface area contributed by atoms with Crippen LogP contribution < -0.4 is 0 Å². The van der Waals surface area contributed by atoms with E-state index in [9.17, 15) is 0 Å². The molecule has 6 nitrogen and oxygen atoms in total. The quantitative estimate of drug-likeness (QED) is 0.782.